The van der Waals surface area contributed by atoms with Crippen LogP contribution in [0.15, 0.2) is 48.5 Å². The summed E-state index contributed by atoms with van der Waals surface area (Å²) in [4.78, 5) is 15.0. The largest absolute Gasteiger partial charge is 0.390 e. The van der Waals surface area contributed by atoms with Gasteiger partial charge in [0.25, 0.3) is 0 Å². The van der Waals surface area contributed by atoms with Crippen molar-refractivity contribution in [1.82, 2.24) is 4.98 Å². The topological polar surface area (TPSA) is 76.2 Å². The van der Waals surface area contributed by atoms with Crippen LogP contribution < -0.4 is 5.73 Å². The minimum atomic E-state index is -0.471. The molecular weight excluding hydrogens is 240 g/mol. The van der Waals surface area contributed by atoms with Crippen molar-refractivity contribution in [3.05, 3.63) is 59.8 Å². The standard InChI is InChI=1S/C15H14N2O2/c16-15(19)9-6-11-4-7-12(8-5-11)14-3-1-2-13(10-18)17-14/h1-9,18H,10H2,(H2,16,19)/b9-6-. The Bertz CT molecular complexity index is 604. The molecule has 0 aliphatic carbocycles. The fourth-order valence-corrected chi connectivity index (χ4v) is 1.67. The summed E-state index contributed by atoms with van der Waals surface area (Å²) in [7, 11) is 0. The Balaban J connectivity index is 2.24. The van der Waals surface area contributed by atoms with E-state index in [0.717, 1.165) is 16.8 Å². The third kappa shape index (κ3) is 3.50. The second-order valence-corrected chi connectivity index (χ2v) is 4.03. The van der Waals surface area contributed by atoms with Gasteiger partial charge in [0.15, 0.2) is 0 Å². The molecule has 1 heterocycles. The van der Waals surface area contributed by atoms with E-state index in [1.165, 1.54) is 6.08 Å². The van der Waals surface area contributed by atoms with Crippen molar-refractivity contribution in [1.29, 1.82) is 0 Å². The average Bonchev–Trinajstić information content (AvgIpc) is 2.45. The van der Waals surface area contributed by atoms with Crippen molar-refractivity contribution >= 4 is 12.0 Å². The minimum absolute atomic E-state index is 0.0761. The lowest BCUT2D eigenvalue weighted by atomic mass is 10.1. The molecule has 1 aromatic heterocycles. The van der Waals surface area contributed by atoms with Crippen molar-refractivity contribution in [2.24, 2.45) is 5.73 Å². The van der Waals surface area contributed by atoms with Crippen LogP contribution in [-0.4, -0.2) is 16.0 Å². The zero-order valence-electron chi connectivity index (χ0n) is 10.3. The van der Waals surface area contributed by atoms with Gasteiger partial charge in [0.2, 0.25) is 5.91 Å². The number of hydrogen-bond acceptors (Lipinski definition) is 3. The van der Waals surface area contributed by atoms with Crippen LogP contribution in [0.3, 0.4) is 0 Å². The lowest BCUT2D eigenvalue weighted by Gasteiger charge is -2.03. The molecule has 0 fully saturated rings. The quantitative estimate of drug-likeness (QED) is 0.816. The number of benzene rings is 1. The van der Waals surface area contributed by atoms with Crippen LogP contribution in [0.25, 0.3) is 17.3 Å². The summed E-state index contributed by atoms with van der Waals surface area (Å²) < 4.78 is 0. The Morgan fingerprint density at radius 2 is 1.95 bits per heavy atom. The fourth-order valence-electron chi connectivity index (χ4n) is 1.67. The van der Waals surface area contributed by atoms with Gasteiger partial charge in [-0.1, -0.05) is 30.3 Å². The van der Waals surface area contributed by atoms with Gasteiger partial charge in [-0.25, -0.2) is 0 Å². The van der Waals surface area contributed by atoms with E-state index in [1.54, 1.807) is 12.1 Å². The van der Waals surface area contributed by atoms with E-state index in [4.69, 9.17) is 10.8 Å². The molecule has 96 valence electrons. The summed E-state index contributed by atoms with van der Waals surface area (Å²) in [5.41, 5.74) is 8.31. The van der Waals surface area contributed by atoms with Gasteiger partial charge in [-0.2, -0.15) is 0 Å². The molecule has 0 radical (unpaired) electrons. The third-order valence-electron chi connectivity index (χ3n) is 2.62. The molecule has 0 unspecified atom stereocenters. The van der Waals surface area contributed by atoms with Gasteiger partial charge in [0, 0.05) is 11.6 Å². The molecular formula is C15H14N2O2. The molecule has 2 aromatic rings. The number of amides is 1. The van der Waals surface area contributed by atoms with Gasteiger partial charge in [-0.15, -0.1) is 0 Å². The first-order valence-corrected chi connectivity index (χ1v) is 5.84. The maximum absolute atomic E-state index is 10.6. The maximum Gasteiger partial charge on any atom is 0.241 e. The number of nitrogens with two attached hydrogens (primary N) is 1. The molecule has 1 aromatic carbocycles. The predicted molar refractivity (Wildman–Crippen MR) is 73.8 cm³/mol. The highest BCUT2D eigenvalue weighted by Gasteiger charge is 2.00. The van der Waals surface area contributed by atoms with E-state index >= 15 is 0 Å². The van der Waals surface area contributed by atoms with Crippen LogP contribution in [0.2, 0.25) is 0 Å². The van der Waals surface area contributed by atoms with Crippen LogP contribution in [-0.2, 0) is 11.4 Å². The van der Waals surface area contributed by atoms with E-state index in [0.29, 0.717) is 5.69 Å². The number of aliphatic hydroxyl groups excluding tert-OH is 1. The van der Waals surface area contributed by atoms with Crippen LogP contribution in [0, 0.1) is 0 Å². The normalized spacial score (nSPS) is 10.8. The van der Waals surface area contributed by atoms with Crippen LogP contribution in [0.1, 0.15) is 11.3 Å². The number of rotatable bonds is 4. The second kappa shape index (κ2) is 5.93. The lowest BCUT2D eigenvalue weighted by molar-refractivity contribution is -0.113. The number of carbonyl (C=O) groups is 1. The highest BCUT2D eigenvalue weighted by molar-refractivity contribution is 5.90. The molecule has 0 aliphatic heterocycles. The van der Waals surface area contributed by atoms with Crippen molar-refractivity contribution in [2.75, 3.05) is 0 Å². The number of pyridine rings is 1. The summed E-state index contributed by atoms with van der Waals surface area (Å²) in [6.45, 7) is -0.0761. The van der Waals surface area contributed by atoms with Gasteiger partial charge >= 0.3 is 0 Å². The predicted octanol–water partition coefficient (Wildman–Crippen LogP) is 1.74. The van der Waals surface area contributed by atoms with Crippen molar-refractivity contribution in [2.45, 2.75) is 6.61 Å². The summed E-state index contributed by atoms with van der Waals surface area (Å²) in [5, 5.41) is 9.06. The number of aliphatic hydroxyl groups is 1. The van der Waals surface area contributed by atoms with Gasteiger partial charge in [0.05, 0.1) is 18.0 Å². The van der Waals surface area contributed by atoms with Crippen LogP contribution in [0.5, 0.6) is 0 Å². The Hall–Kier alpha value is -2.46. The summed E-state index contributed by atoms with van der Waals surface area (Å²) >= 11 is 0. The molecule has 4 heteroatoms. The van der Waals surface area contributed by atoms with E-state index in [2.05, 4.69) is 4.98 Å². The molecule has 0 spiro atoms. The highest BCUT2D eigenvalue weighted by atomic mass is 16.3. The number of primary amides is 1. The molecule has 0 saturated heterocycles. The smallest absolute Gasteiger partial charge is 0.241 e. The maximum atomic E-state index is 10.6. The van der Waals surface area contributed by atoms with Crippen LogP contribution >= 0.6 is 0 Å². The molecule has 0 atom stereocenters. The Morgan fingerprint density at radius 1 is 1.21 bits per heavy atom. The minimum Gasteiger partial charge on any atom is -0.390 e. The summed E-state index contributed by atoms with van der Waals surface area (Å²) in [6.07, 6.45) is 2.98. The van der Waals surface area contributed by atoms with Crippen molar-refractivity contribution < 1.29 is 9.90 Å². The lowest BCUT2D eigenvalue weighted by Crippen LogP contribution is -2.05. The van der Waals surface area contributed by atoms with E-state index in [9.17, 15) is 4.79 Å². The first kappa shape index (κ1) is 13.0. The summed E-state index contributed by atoms with van der Waals surface area (Å²) in [6, 6.07) is 13.1. The average molecular weight is 254 g/mol. The van der Waals surface area contributed by atoms with Gasteiger partial charge < -0.3 is 10.8 Å². The molecule has 19 heavy (non-hydrogen) atoms. The zero-order valence-corrected chi connectivity index (χ0v) is 10.3. The first-order valence-electron chi connectivity index (χ1n) is 5.84. The van der Waals surface area contributed by atoms with Gasteiger partial charge in [0.1, 0.15) is 0 Å². The molecule has 0 saturated carbocycles. The number of nitrogens with zero attached hydrogens (tertiary/aromatic N) is 1. The van der Waals surface area contributed by atoms with Crippen molar-refractivity contribution in [3.63, 3.8) is 0 Å². The number of aromatic nitrogens is 1. The third-order valence-corrected chi connectivity index (χ3v) is 2.62. The van der Waals surface area contributed by atoms with E-state index in [1.807, 2.05) is 36.4 Å². The molecule has 0 aliphatic rings. The second-order valence-electron chi connectivity index (χ2n) is 4.03. The first-order chi connectivity index (χ1) is 9.19. The molecule has 0 bridgehead atoms. The summed E-state index contributed by atoms with van der Waals surface area (Å²) in [5.74, 6) is -0.471. The molecule has 3 N–H and O–H groups in total. The molecule has 4 nitrogen and oxygen atoms in total. The van der Waals surface area contributed by atoms with Crippen LogP contribution in [0.4, 0.5) is 0 Å². The van der Waals surface area contributed by atoms with E-state index in [-0.39, 0.29) is 6.61 Å². The molecule has 2 rings (SSSR count). The Morgan fingerprint density at radius 3 is 2.58 bits per heavy atom. The monoisotopic (exact) mass is 254 g/mol. The SMILES string of the molecule is NC(=O)/C=C\c1ccc(-c2cccc(CO)n2)cc1. The highest BCUT2D eigenvalue weighted by Crippen LogP contribution is 2.18. The van der Waals surface area contributed by atoms with E-state index < -0.39 is 5.91 Å². The fraction of sp³-hybridized carbons (Fsp3) is 0.0667. The Labute approximate surface area is 111 Å². The molecule has 1 amide bonds. The van der Waals surface area contributed by atoms with Crippen molar-refractivity contribution in [3.8, 4) is 11.3 Å². The zero-order chi connectivity index (χ0) is 13.7. The Kier molecular flexibility index (Phi) is 4.05. The van der Waals surface area contributed by atoms with Gasteiger partial charge in [-0.3, -0.25) is 9.78 Å². The van der Waals surface area contributed by atoms with Gasteiger partial charge in [-0.05, 0) is 23.8 Å². The number of hydrogen-bond donors (Lipinski definition) is 2. The number of carbonyl (C=O) groups excluding carboxylic acids is 1.